The maximum Gasteiger partial charge on any atom is 0.244 e. The van der Waals surface area contributed by atoms with Gasteiger partial charge in [-0.3, -0.25) is 9.78 Å². The van der Waals surface area contributed by atoms with Crippen LogP contribution in [0.3, 0.4) is 0 Å². The van der Waals surface area contributed by atoms with Gasteiger partial charge in [0.25, 0.3) is 0 Å². The molecule has 4 nitrogen and oxygen atoms in total. The number of aromatic nitrogens is 1. The number of carbonyl (C=O) groups excluding carboxylic acids is 1. The molecule has 1 saturated carbocycles. The Bertz CT molecular complexity index is 679. The number of benzene rings is 1. The highest BCUT2D eigenvalue weighted by molar-refractivity contribution is 5.91. The standard InChI is InChI=1S/C20H22N2O2/c23-18-13-17(14-18)19(12-16-8-10-21-11-9-16)22-20(24)7-6-15-4-2-1-3-5-15/h1-11,17-19,23H,12-14H2,(H,22,24)/b7-6+. The van der Waals surface area contributed by atoms with Gasteiger partial charge in [0.05, 0.1) is 6.10 Å². The zero-order valence-electron chi connectivity index (χ0n) is 13.5. The molecule has 124 valence electrons. The fraction of sp³-hybridized carbons (Fsp3) is 0.300. The zero-order chi connectivity index (χ0) is 16.8. The van der Waals surface area contributed by atoms with Crippen molar-refractivity contribution in [2.24, 2.45) is 5.92 Å². The van der Waals surface area contributed by atoms with Gasteiger partial charge in [0.2, 0.25) is 5.91 Å². The molecular weight excluding hydrogens is 300 g/mol. The van der Waals surface area contributed by atoms with Crippen LogP contribution < -0.4 is 5.32 Å². The minimum Gasteiger partial charge on any atom is -0.393 e. The lowest BCUT2D eigenvalue weighted by Gasteiger charge is -2.38. The molecule has 0 radical (unpaired) electrons. The van der Waals surface area contributed by atoms with Crippen LogP contribution in [0.2, 0.25) is 0 Å². The third-order valence-corrected chi connectivity index (χ3v) is 4.48. The Labute approximate surface area is 142 Å². The van der Waals surface area contributed by atoms with Gasteiger partial charge in [0.1, 0.15) is 0 Å². The number of nitrogens with zero attached hydrogens (tertiary/aromatic N) is 1. The van der Waals surface area contributed by atoms with Crippen LogP contribution in [0.5, 0.6) is 0 Å². The van der Waals surface area contributed by atoms with E-state index in [0.717, 1.165) is 30.4 Å². The van der Waals surface area contributed by atoms with Crippen LogP contribution in [-0.4, -0.2) is 28.1 Å². The molecule has 1 heterocycles. The number of nitrogens with one attached hydrogen (secondary N) is 1. The molecule has 1 atom stereocenters. The van der Waals surface area contributed by atoms with Gasteiger partial charge in [0, 0.05) is 24.5 Å². The van der Waals surface area contributed by atoms with E-state index in [1.54, 1.807) is 18.5 Å². The van der Waals surface area contributed by atoms with E-state index in [0.29, 0.717) is 5.92 Å². The van der Waals surface area contributed by atoms with Crippen molar-refractivity contribution < 1.29 is 9.90 Å². The van der Waals surface area contributed by atoms with E-state index in [-0.39, 0.29) is 18.1 Å². The number of aliphatic hydroxyl groups excluding tert-OH is 1. The normalized spacial score (nSPS) is 21.2. The summed E-state index contributed by atoms with van der Waals surface area (Å²) in [5, 5.41) is 12.7. The number of aliphatic hydroxyl groups is 1. The first-order valence-electron chi connectivity index (χ1n) is 8.31. The molecule has 4 heteroatoms. The highest BCUT2D eigenvalue weighted by Gasteiger charge is 2.34. The topological polar surface area (TPSA) is 62.2 Å². The summed E-state index contributed by atoms with van der Waals surface area (Å²) in [7, 11) is 0. The van der Waals surface area contributed by atoms with Gasteiger partial charge in [-0.05, 0) is 54.5 Å². The lowest BCUT2D eigenvalue weighted by molar-refractivity contribution is -0.118. The molecule has 2 N–H and O–H groups in total. The molecule has 3 rings (SSSR count). The minimum atomic E-state index is -0.230. The Kier molecular flexibility index (Phi) is 5.39. The quantitative estimate of drug-likeness (QED) is 0.804. The van der Waals surface area contributed by atoms with Gasteiger partial charge in [-0.15, -0.1) is 0 Å². The molecule has 0 bridgehead atoms. The second-order valence-electron chi connectivity index (χ2n) is 6.30. The van der Waals surface area contributed by atoms with E-state index < -0.39 is 0 Å². The molecular formula is C20H22N2O2. The SMILES string of the molecule is O=C(/C=C/c1ccccc1)NC(Cc1ccncc1)C1CC(O)C1. The first-order chi connectivity index (χ1) is 11.7. The number of hydrogen-bond donors (Lipinski definition) is 2. The van der Waals surface area contributed by atoms with E-state index in [1.165, 1.54) is 0 Å². The fourth-order valence-corrected chi connectivity index (χ4v) is 3.03. The second kappa shape index (κ2) is 7.88. The Hall–Kier alpha value is -2.46. The predicted molar refractivity (Wildman–Crippen MR) is 94.1 cm³/mol. The zero-order valence-corrected chi connectivity index (χ0v) is 13.5. The van der Waals surface area contributed by atoms with Crippen LogP contribution in [0, 0.1) is 5.92 Å². The second-order valence-corrected chi connectivity index (χ2v) is 6.30. The highest BCUT2D eigenvalue weighted by atomic mass is 16.3. The first kappa shape index (κ1) is 16.4. The number of amides is 1. The monoisotopic (exact) mass is 322 g/mol. The fourth-order valence-electron chi connectivity index (χ4n) is 3.03. The van der Waals surface area contributed by atoms with Crippen LogP contribution in [0.15, 0.2) is 60.9 Å². The number of carbonyl (C=O) groups is 1. The van der Waals surface area contributed by atoms with Gasteiger partial charge >= 0.3 is 0 Å². The average molecular weight is 322 g/mol. The maximum atomic E-state index is 12.3. The number of hydrogen-bond acceptors (Lipinski definition) is 3. The van der Waals surface area contributed by atoms with Crippen molar-refractivity contribution in [2.45, 2.75) is 31.4 Å². The molecule has 1 aliphatic carbocycles. The summed E-state index contributed by atoms with van der Waals surface area (Å²) in [6.45, 7) is 0. The summed E-state index contributed by atoms with van der Waals surface area (Å²) in [5.74, 6) is 0.224. The van der Waals surface area contributed by atoms with Gasteiger partial charge in [0.15, 0.2) is 0 Å². The highest BCUT2D eigenvalue weighted by Crippen LogP contribution is 2.31. The van der Waals surface area contributed by atoms with Crippen molar-refractivity contribution in [3.63, 3.8) is 0 Å². The summed E-state index contributed by atoms with van der Waals surface area (Å²) in [6, 6.07) is 13.7. The molecule has 0 aliphatic heterocycles. The van der Waals surface area contributed by atoms with E-state index in [4.69, 9.17) is 0 Å². The van der Waals surface area contributed by atoms with Crippen molar-refractivity contribution >= 4 is 12.0 Å². The smallest absolute Gasteiger partial charge is 0.244 e. The summed E-state index contributed by atoms with van der Waals surface area (Å²) in [4.78, 5) is 16.3. The molecule has 0 saturated heterocycles. The van der Waals surface area contributed by atoms with Gasteiger partial charge in [-0.1, -0.05) is 30.3 Å². The molecule has 1 amide bonds. The Balaban J connectivity index is 1.62. The van der Waals surface area contributed by atoms with Gasteiger partial charge in [-0.25, -0.2) is 0 Å². The Morgan fingerprint density at radius 2 is 1.92 bits per heavy atom. The third kappa shape index (κ3) is 4.52. The molecule has 1 aliphatic rings. The van der Waals surface area contributed by atoms with Crippen LogP contribution in [0.4, 0.5) is 0 Å². The van der Waals surface area contributed by atoms with Crippen LogP contribution >= 0.6 is 0 Å². The van der Waals surface area contributed by atoms with Gasteiger partial charge < -0.3 is 10.4 Å². The molecule has 1 unspecified atom stereocenters. The lowest BCUT2D eigenvalue weighted by atomic mass is 9.75. The summed E-state index contributed by atoms with van der Waals surface area (Å²) < 4.78 is 0. The lowest BCUT2D eigenvalue weighted by Crippen LogP contribution is -2.47. The van der Waals surface area contributed by atoms with Crippen molar-refractivity contribution in [3.05, 3.63) is 72.1 Å². The molecule has 1 fully saturated rings. The molecule has 2 aromatic rings. The average Bonchev–Trinajstić information content (AvgIpc) is 2.58. The summed E-state index contributed by atoms with van der Waals surface area (Å²) >= 11 is 0. The van der Waals surface area contributed by atoms with E-state index >= 15 is 0 Å². The minimum absolute atomic E-state index is 0.0312. The summed E-state index contributed by atoms with van der Waals surface area (Å²) in [5.41, 5.74) is 2.14. The van der Waals surface area contributed by atoms with Crippen molar-refractivity contribution in [1.29, 1.82) is 0 Å². The Morgan fingerprint density at radius 1 is 1.21 bits per heavy atom. The van der Waals surface area contributed by atoms with E-state index in [9.17, 15) is 9.90 Å². The molecule has 1 aromatic carbocycles. The Morgan fingerprint density at radius 3 is 2.58 bits per heavy atom. The van der Waals surface area contributed by atoms with Crippen molar-refractivity contribution in [1.82, 2.24) is 10.3 Å². The molecule has 1 aromatic heterocycles. The molecule has 24 heavy (non-hydrogen) atoms. The number of rotatable bonds is 6. The third-order valence-electron chi connectivity index (χ3n) is 4.48. The summed E-state index contributed by atoms with van der Waals surface area (Å²) in [6.07, 6.45) is 8.94. The largest absolute Gasteiger partial charge is 0.393 e. The number of pyridine rings is 1. The predicted octanol–water partition coefficient (Wildman–Crippen LogP) is 2.59. The van der Waals surface area contributed by atoms with Crippen molar-refractivity contribution in [2.75, 3.05) is 0 Å². The maximum absolute atomic E-state index is 12.3. The van der Waals surface area contributed by atoms with E-state index in [1.807, 2.05) is 48.5 Å². The van der Waals surface area contributed by atoms with E-state index in [2.05, 4.69) is 10.3 Å². The first-order valence-corrected chi connectivity index (χ1v) is 8.31. The molecule has 0 spiro atoms. The van der Waals surface area contributed by atoms with Crippen molar-refractivity contribution in [3.8, 4) is 0 Å². The van der Waals surface area contributed by atoms with Crippen LogP contribution in [-0.2, 0) is 11.2 Å². The van der Waals surface area contributed by atoms with Gasteiger partial charge in [-0.2, -0.15) is 0 Å². The van der Waals surface area contributed by atoms with Crippen LogP contribution in [0.25, 0.3) is 6.08 Å². The van der Waals surface area contributed by atoms with Crippen LogP contribution in [0.1, 0.15) is 24.0 Å².